The van der Waals surface area contributed by atoms with Crippen molar-refractivity contribution in [2.24, 2.45) is 0 Å². The van der Waals surface area contributed by atoms with Crippen LogP contribution >= 0.6 is 0 Å². The lowest BCUT2D eigenvalue weighted by atomic mass is 10.0. The SMILES string of the molecule is CCCN(CC(=O)Nc1ccccc1OC)C(=O)c1ccc(-c2ccccc2)cc1. The third-order valence-electron chi connectivity index (χ3n) is 4.74. The molecule has 154 valence electrons. The molecule has 5 heteroatoms. The summed E-state index contributed by atoms with van der Waals surface area (Å²) in [6.07, 6.45) is 0.760. The van der Waals surface area contributed by atoms with Crippen molar-refractivity contribution < 1.29 is 14.3 Å². The van der Waals surface area contributed by atoms with Crippen molar-refractivity contribution in [3.8, 4) is 16.9 Å². The number of carbonyl (C=O) groups is 2. The Morgan fingerprint density at radius 2 is 1.50 bits per heavy atom. The van der Waals surface area contributed by atoms with Crippen molar-refractivity contribution in [1.29, 1.82) is 0 Å². The summed E-state index contributed by atoms with van der Waals surface area (Å²) in [6, 6.07) is 24.7. The van der Waals surface area contributed by atoms with E-state index in [9.17, 15) is 9.59 Å². The summed E-state index contributed by atoms with van der Waals surface area (Å²) in [5.74, 6) is 0.157. The molecule has 0 spiro atoms. The first-order chi connectivity index (χ1) is 14.6. The summed E-state index contributed by atoms with van der Waals surface area (Å²) < 4.78 is 5.27. The van der Waals surface area contributed by atoms with E-state index in [1.54, 1.807) is 24.1 Å². The molecule has 30 heavy (non-hydrogen) atoms. The summed E-state index contributed by atoms with van der Waals surface area (Å²) in [5, 5.41) is 2.83. The third-order valence-corrected chi connectivity index (χ3v) is 4.74. The minimum absolute atomic E-state index is 0.0227. The van der Waals surface area contributed by atoms with Crippen LogP contribution < -0.4 is 10.1 Å². The normalized spacial score (nSPS) is 10.3. The van der Waals surface area contributed by atoms with Gasteiger partial charge in [0, 0.05) is 12.1 Å². The van der Waals surface area contributed by atoms with E-state index in [2.05, 4.69) is 5.32 Å². The van der Waals surface area contributed by atoms with E-state index in [-0.39, 0.29) is 18.4 Å². The Balaban J connectivity index is 1.70. The van der Waals surface area contributed by atoms with Gasteiger partial charge in [0.2, 0.25) is 5.91 Å². The number of nitrogens with zero attached hydrogens (tertiary/aromatic N) is 1. The fourth-order valence-electron chi connectivity index (χ4n) is 3.25. The van der Waals surface area contributed by atoms with E-state index in [4.69, 9.17) is 4.74 Å². The Kier molecular flexibility index (Phi) is 7.22. The molecule has 0 saturated carbocycles. The second-order valence-electron chi connectivity index (χ2n) is 6.92. The molecule has 0 atom stereocenters. The van der Waals surface area contributed by atoms with Crippen LogP contribution in [0.15, 0.2) is 78.9 Å². The zero-order valence-electron chi connectivity index (χ0n) is 17.3. The minimum Gasteiger partial charge on any atom is -0.495 e. The number of para-hydroxylation sites is 2. The van der Waals surface area contributed by atoms with E-state index in [0.29, 0.717) is 23.5 Å². The average Bonchev–Trinajstić information content (AvgIpc) is 2.79. The van der Waals surface area contributed by atoms with Gasteiger partial charge in [-0.25, -0.2) is 0 Å². The van der Waals surface area contributed by atoms with Crippen LogP contribution in [0.1, 0.15) is 23.7 Å². The quantitative estimate of drug-likeness (QED) is 0.586. The number of nitrogens with one attached hydrogen (secondary N) is 1. The lowest BCUT2D eigenvalue weighted by Crippen LogP contribution is -2.38. The van der Waals surface area contributed by atoms with Crippen LogP contribution in [0.5, 0.6) is 5.75 Å². The zero-order valence-corrected chi connectivity index (χ0v) is 17.3. The lowest BCUT2D eigenvalue weighted by molar-refractivity contribution is -0.116. The summed E-state index contributed by atoms with van der Waals surface area (Å²) in [6.45, 7) is 2.46. The van der Waals surface area contributed by atoms with Gasteiger partial charge in [-0.1, -0.05) is 61.5 Å². The van der Waals surface area contributed by atoms with Crippen LogP contribution in [-0.4, -0.2) is 36.9 Å². The number of carbonyl (C=O) groups excluding carboxylic acids is 2. The predicted molar refractivity (Wildman–Crippen MR) is 120 cm³/mol. The molecule has 0 aliphatic rings. The Hall–Kier alpha value is -3.60. The number of hydrogen-bond acceptors (Lipinski definition) is 3. The smallest absolute Gasteiger partial charge is 0.254 e. The number of ether oxygens (including phenoxy) is 1. The van der Waals surface area contributed by atoms with E-state index in [1.807, 2.05) is 73.7 Å². The van der Waals surface area contributed by atoms with Gasteiger partial charge in [-0.15, -0.1) is 0 Å². The minimum atomic E-state index is -0.262. The van der Waals surface area contributed by atoms with Crippen LogP contribution in [0.3, 0.4) is 0 Å². The van der Waals surface area contributed by atoms with E-state index in [0.717, 1.165) is 17.5 Å². The maximum atomic E-state index is 13.0. The molecule has 0 radical (unpaired) electrons. The molecular formula is C25H26N2O3. The summed E-state index contributed by atoms with van der Waals surface area (Å²) in [5.41, 5.74) is 3.29. The fraction of sp³-hybridized carbons (Fsp3) is 0.200. The van der Waals surface area contributed by atoms with Crippen molar-refractivity contribution in [2.75, 3.05) is 25.5 Å². The first kappa shape index (κ1) is 21.1. The van der Waals surface area contributed by atoms with Gasteiger partial charge in [0.25, 0.3) is 5.91 Å². The van der Waals surface area contributed by atoms with Gasteiger partial charge in [0.15, 0.2) is 0 Å². The third kappa shape index (κ3) is 5.26. The summed E-state index contributed by atoms with van der Waals surface area (Å²) >= 11 is 0. The highest BCUT2D eigenvalue weighted by molar-refractivity contribution is 6.00. The Labute approximate surface area is 177 Å². The average molecular weight is 402 g/mol. The van der Waals surface area contributed by atoms with Crippen molar-refractivity contribution in [3.05, 3.63) is 84.4 Å². The van der Waals surface area contributed by atoms with Crippen molar-refractivity contribution in [2.45, 2.75) is 13.3 Å². The highest BCUT2D eigenvalue weighted by atomic mass is 16.5. The molecule has 0 heterocycles. The molecule has 0 aliphatic carbocycles. The number of rotatable bonds is 8. The fourth-order valence-corrected chi connectivity index (χ4v) is 3.25. The predicted octanol–water partition coefficient (Wildman–Crippen LogP) is 4.85. The first-order valence-electron chi connectivity index (χ1n) is 10.00. The molecule has 0 bridgehead atoms. The van der Waals surface area contributed by atoms with Gasteiger partial charge in [0.1, 0.15) is 12.3 Å². The second kappa shape index (κ2) is 10.3. The molecule has 0 aliphatic heterocycles. The highest BCUT2D eigenvalue weighted by Gasteiger charge is 2.19. The molecule has 2 amide bonds. The van der Waals surface area contributed by atoms with Crippen LogP contribution in [0.4, 0.5) is 5.69 Å². The Morgan fingerprint density at radius 3 is 2.17 bits per heavy atom. The van der Waals surface area contributed by atoms with Gasteiger partial charge in [0.05, 0.1) is 12.8 Å². The van der Waals surface area contributed by atoms with Gasteiger partial charge in [-0.2, -0.15) is 0 Å². The van der Waals surface area contributed by atoms with Gasteiger partial charge in [-0.3, -0.25) is 9.59 Å². The standard InChI is InChI=1S/C25H26N2O3/c1-3-17-27(18-24(28)26-22-11-7-8-12-23(22)30-2)25(29)21-15-13-20(14-16-21)19-9-5-4-6-10-19/h4-16H,3,17-18H2,1-2H3,(H,26,28). The molecule has 0 unspecified atom stereocenters. The van der Waals surface area contributed by atoms with Crippen LogP contribution in [0, 0.1) is 0 Å². The van der Waals surface area contributed by atoms with Crippen LogP contribution in [0.25, 0.3) is 11.1 Å². The van der Waals surface area contributed by atoms with Gasteiger partial charge >= 0.3 is 0 Å². The van der Waals surface area contributed by atoms with E-state index in [1.165, 1.54) is 0 Å². The molecule has 0 aromatic heterocycles. The second-order valence-corrected chi connectivity index (χ2v) is 6.92. The number of hydrogen-bond donors (Lipinski definition) is 1. The molecule has 1 N–H and O–H groups in total. The summed E-state index contributed by atoms with van der Waals surface area (Å²) in [7, 11) is 1.55. The molecule has 3 rings (SSSR count). The van der Waals surface area contributed by atoms with Crippen LogP contribution in [0.2, 0.25) is 0 Å². The Bertz CT molecular complexity index is 985. The number of benzene rings is 3. The monoisotopic (exact) mass is 402 g/mol. The summed E-state index contributed by atoms with van der Waals surface area (Å²) in [4.78, 5) is 27.2. The van der Waals surface area contributed by atoms with Gasteiger partial charge < -0.3 is 15.0 Å². The van der Waals surface area contributed by atoms with Crippen molar-refractivity contribution in [1.82, 2.24) is 4.90 Å². The molecule has 5 nitrogen and oxygen atoms in total. The van der Waals surface area contributed by atoms with Crippen molar-refractivity contribution >= 4 is 17.5 Å². The van der Waals surface area contributed by atoms with E-state index < -0.39 is 0 Å². The maximum Gasteiger partial charge on any atom is 0.254 e. The van der Waals surface area contributed by atoms with Crippen LogP contribution in [-0.2, 0) is 4.79 Å². The number of methoxy groups -OCH3 is 1. The zero-order chi connectivity index (χ0) is 21.3. The number of amides is 2. The molecule has 3 aromatic rings. The molecule has 0 saturated heterocycles. The topological polar surface area (TPSA) is 58.6 Å². The number of anilines is 1. The highest BCUT2D eigenvalue weighted by Crippen LogP contribution is 2.23. The molecular weight excluding hydrogens is 376 g/mol. The lowest BCUT2D eigenvalue weighted by Gasteiger charge is -2.22. The van der Waals surface area contributed by atoms with Gasteiger partial charge in [-0.05, 0) is 41.8 Å². The maximum absolute atomic E-state index is 13.0. The Morgan fingerprint density at radius 1 is 0.867 bits per heavy atom. The largest absolute Gasteiger partial charge is 0.495 e. The van der Waals surface area contributed by atoms with Crippen molar-refractivity contribution in [3.63, 3.8) is 0 Å². The first-order valence-corrected chi connectivity index (χ1v) is 10.00. The molecule has 0 fully saturated rings. The molecule has 3 aromatic carbocycles. The van der Waals surface area contributed by atoms with E-state index >= 15 is 0 Å².